The van der Waals surface area contributed by atoms with Gasteiger partial charge in [-0.2, -0.15) is 0 Å². The maximum Gasteiger partial charge on any atom is 0.407 e. The number of nitrogens with one attached hydrogen (secondary N) is 2. The molecular weight excluding hydrogens is 420 g/mol. The minimum absolute atomic E-state index is 0.0175. The molecule has 0 unspecified atom stereocenters. The Morgan fingerprint density at radius 1 is 1.03 bits per heavy atom. The van der Waals surface area contributed by atoms with Gasteiger partial charge in [-0.3, -0.25) is 9.59 Å². The van der Waals surface area contributed by atoms with Gasteiger partial charge in [-0.25, -0.2) is 4.79 Å². The molecule has 0 radical (unpaired) electrons. The first-order valence-electron chi connectivity index (χ1n) is 11.6. The summed E-state index contributed by atoms with van der Waals surface area (Å²) < 4.78 is 5.58. The molecule has 1 saturated carbocycles. The molecule has 0 heterocycles. The van der Waals surface area contributed by atoms with Crippen LogP contribution in [0.4, 0.5) is 4.79 Å². The number of rotatable bonds is 8. The number of carboxylic acids is 1. The molecule has 2 amide bonds. The van der Waals surface area contributed by atoms with E-state index >= 15 is 0 Å². The predicted molar refractivity (Wildman–Crippen MR) is 124 cm³/mol. The summed E-state index contributed by atoms with van der Waals surface area (Å²) in [5.41, 5.74) is 4.63. The number of carbonyl (C=O) groups is 3. The SMILES string of the molecule is CC[C@H](CC(=O)N[C@H]1CC[C@@H](C(=O)O)C1)NC(=O)OCC1c2ccccc2-c2ccccc21. The van der Waals surface area contributed by atoms with Crippen molar-refractivity contribution >= 4 is 18.0 Å². The Kier molecular flexibility index (Phi) is 6.96. The van der Waals surface area contributed by atoms with Gasteiger partial charge in [-0.05, 0) is 47.9 Å². The van der Waals surface area contributed by atoms with E-state index in [1.165, 1.54) is 11.1 Å². The number of carbonyl (C=O) groups excluding carboxylic acids is 2. The fraction of sp³-hybridized carbons (Fsp3) is 0.423. The highest BCUT2D eigenvalue weighted by molar-refractivity contribution is 5.80. The summed E-state index contributed by atoms with van der Waals surface area (Å²) in [6.07, 6.45) is 1.88. The van der Waals surface area contributed by atoms with Crippen molar-refractivity contribution in [1.82, 2.24) is 10.6 Å². The Hall–Kier alpha value is -3.35. The number of hydrogen-bond acceptors (Lipinski definition) is 4. The van der Waals surface area contributed by atoms with E-state index in [-0.39, 0.29) is 36.9 Å². The van der Waals surface area contributed by atoms with Crippen molar-refractivity contribution in [3.05, 3.63) is 59.7 Å². The van der Waals surface area contributed by atoms with Gasteiger partial charge in [-0.15, -0.1) is 0 Å². The molecule has 2 aromatic rings. The minimum atomic E-state index is -0.810. The lowest BCUT2D eigenvalue weighted by molar-refractivity contribution is -0.141. The van der Waals surface area contributed by atoms with Crippen molar-refractivity contribution in [3.8, 4) is 11.1 Å². The first-order chi connectivity index (χ1) is 16.0. The Morgan fingerprint density at radius 3 is 2.24 bits per heavy atom. The lowest BCUT2D eigenvalue weighted by atomic mass is 9.98. The Morgan fingerprint density at radius 2 is 1.67 bits per heavy atom. The smallest absolute Gasteiger partial charge is 0.407 e. The summed E-state index contributed by atoms with van der Waals surface area (Å²) in [4.78, 5) is 36.0. The highest BCUT2D eigenvalue weighted by atomic mass is 16.5. The number of benzene rings is 2. The lowest BCUT2D eigenvalue weighted by Crippen LogP contribution is -2.41. The largest absolute Gasteiger partial charge is 0.481 e. The molecule has 2 aliphatic rings. The van der Waals surface area contributed by atoms with E-state index < -0.39 is 18.0 Å². The minimum Gasteiger partial charge on any atom is -0.481 e. The van der Waals surface area contributed by atoms with Crippen LogP contribution in [0.25, 0.3) is 11.1 Å². The van der Waals surface area contributed by atoms with Crippen molar-refractivity contribution in [1.29, 1.82) is 0 Å². The number of fused-ring (bicyclic) bond motifs is 3. The number of alkyl carbamates (subject to hydrolysis) is 1. The molecule has 33 heavy (non-hydrogen) atoms. The standard InChI is InChI=1S/C26H30N2O5/c1-2-17(14-24(29)27-18-12-11-16(13-18)25(30)31)28-26(32)33-15-23-21-9-5-3-7-19(21)20-8-4-6-10-22(20)23/h3-10,16-18,23H,2,11-15H2,1H3,(H,27,29)(H,28,32)(H,30,31)/t16-,17-,18+/m1/s1. The molecule has 1 fully saturated rings. The lowest BCUT2D eigenvalue weighted by Gasteiger charge is -2.20. The Balaban J connectivity index is 1.28. The third-order valence-electron chi connectivity index (χ3n) is 6.74. The van der Waals surface area contributed by atoms with Crippen molar-refractivity contribution in [2.24, 2.45) is 5.92 Å². The summed E-state index contributed by atoms with van der Waals surface area (Å²) in [6, 6.07) is 15.8. The molecule has 2 aliphatic carbocycles. The highest BCUT2D eigenvalue weighted by Gasteiger charge is 2.31. The fourth-order valence-corrected chi connectivity index (χ4v) is 4.95. The quantitative estimate of drug-likeness (QED) is 0.563. The average Bonchev–Trinajstić information content (AvgIpc) is 3.40. The number of ether oxygens (including phenoxy) is 1. The number of hydrogen-bond donors (Lipinski definition) is 3. The molecule has 2 aromatic carbocycles. The zero-order valence-corrected chi connectivity index (χ0v) is 18.8. The fourth-order valence-electron chi connectivity index (χ4n) is 4.95. The van der Waals surface area contributed by atoms with Crippen LogP contribution in [0.15, 0.2) is 48.5 Å². The molecule has 0 saturated heterocycles. The first kappa shape index (κ1) is 22.8. The first-order valence-corrected chi connectivity index (χ1v) is 11.6. The molecule has 4 rings (SSSR count). The van der Waals surface area contributed by atoms with Crippen LogP contribution >= 0.6 is 0 Å². The average molecular weight is 451 g/mol. The van der Waals surface area contributed by atoms with Gasteiger partial charge in [0.15, 0.2) is 0 Å². The number of amides is 2. The molecule has 0 aliphatic heterocycles. The summed E-state index contributed by atoms with van der Waals surface area (Å²) in [6.45, 7) is 2.12. The predicted octanol–water partition coefficient (Wildman–Crippen LogP) is 4.06. The van der Waals surface area contributed by atoms with Gasteiger partial charge in [0.05, 0.1) is 5.92 Å². The van der Waals surface area contributed by atoms with E-state index in [9.17, 15) is 14.4 Å². The molecule has 3 atom stereocenters. The van der Waals surface area contributed by atoms with Gasteiger partial charge in [0.2, 0.25) is 5.91 Å². The van der Waals surface area contributed by atoms with Crippen LogP contribution in [0.1, 0.15) is 56.1 Å². The summed E-state index contributed by atoms with van der Waals surface area (Å²) in [7, 11) is 0. The van der Waals surface area contributed by atoms with Crippen LogP contribution < -0.4 is 10.6 Å². The van der Waals surface area contributed by atoms with Gasteiger partial charge < -0.3 is 20.5 Å². The van der Waals surface area contributed by atoms with Crippen molar-refractivity contribution in [2.45, 2.75) is 57.0 Å². The van der Waals surface area contributed by atoms with Gasteiger partial charge in [-0.1, -0.05) is 55.5 Å². The van der Waals surface area contributed by atoms with Crippen molar-refractivity contribution in [2.75, 3.05) is 6.61 Å². The van der Waals surface area contributed by atoms with Crippen LogP contribution in [0, 0.1) is 5.92 Å². The van der Waals surface area contributed by atoms with E-state index in [2.05, 4.69) is 34.9 Å². The van der Waals surface area contributed by atoms with Crippen LogP contribution in [0.3, 0.4) is 0 Å². The molecule has 7 heteroatoms. The van der Waals surface area contributed by atoms with Crippen molar-refractivity contribution < 1.29 is 24.2 Å². The van der Waals surface area contributed by atoms with E-state index in [0.717, 1.165) is 11.1 Å². The summed E-state index contributed by atoms with van der Waals surface area (Å²) >= 11 is 0. The second-order valence-electron chi connectivity index (χ2n) is 8.89. The normalized spacial score (nSPS) is 19.9. The summed E-state index contributed by atoms with van der Waals surface area (Å²) in [5, 5.41) is 14.8. The molecule has 3 N–H and O–H groups in total. The molecule has 0 bridgehead atoms. The van der Waals surface area contributed by atoms with Crippen LogP contribution in [-0.2, 0) is 14.3 Å². The third kappa shape index (κ3) is 5.18. The summed E-state index contributed by atoms with van der Waals surface area (Å²) in [5.74, 6) is -1.40. The van der Waals surface area contributed by atoms with Crippen LogP contribution in [0.5, 0.6) is 0 Å². The Bertz CT molecular complexity index is 991. The third-order valence-corrected chi connectivity index (χ3v) is 6.74. The maximum atomic E-state index is 12.5. The second kappa shape index (κ2) is 10.1. The number of aliphatic carboxylic acids is 1. The van der Waals surface area contributed by atoms with E-state index in [1.807, 2.05) is 31.2 Å². The second-order valence-corrected chi connectivity index (χ2v) is 8.89. The van der Waals surface area contributed by atoms with Gasteiger partial charge in [0.1, 0.15) is 6.61 Å². The van der Waals surface area contributed by atoms with Gasteiger partial charge >= 0.3 is 12.1 Å². The maximum absolute atomic E-state index is 12.5. The van der Waals surface area contributed by atoms with E-state index in [1.54, 1.807) is 0 Å². The molecule has 174 valence electrons. The van der Waals surface area contributed by atoms with Crippen molar-refractivity contribution in [3.63, 3.8) is 0 Å². The Labute approximate surface area is 193 Å². The molecule has 0 spiro atoms. The molecule has 7 nitrogen and oxygen atoms in total. The highest BCUT2D eigenvalue weighted by Crippen LogP contribution is 2.44. The number of carboxylic acid groups (broad SMARTS) is 1. The molecular formula is C26H30N2O5. The van der Waals surface area contributed by atoms with E-state index in [0.29, 0.717) is 25.7 Å². The van der Waals surface area contributed by atoms with Gasteiger partial charge in [0.25, 0.3) is 0 Å². The van der Waals surface area contributed by atoms with Crippen LogP contribution in [0.2, 0.25) is 0 Å². The monoisotopic (exact) mass is 450 g/mol. The van der Waals surface area contributed by atoms with Gasteiger partial charge in [0, 0.05) is 24.4 Å². The van der Waals surface area contributed by atoms with Crippen LogP contribution in [-0.4, -0.2) is 41.8 Å². The topological polar surface area (TPSA) is 105 Å². The molecule has 0 aromatic heterocycles. The zero-order chi connectivity index (χ0) is 23.4. The zero-order valence-electron chi connectivity index (χ0n) is 18.8. The van der Waals surface area contributed by atoms with E-state index in [4.69, 9.17) is 9.84 Å².